The number of fused-ring (bicyclic) bond motifs is 1. The minimum Gasteiger partial charge on any atom is -0.233 e. The van der Waals surface area contributed by atoms with Crippen molar-refractivity contribution in [2.45, 2.75) is 52.4 Å². The summed E-state index contributed by atoms with van der Waals surface area (Å²) < 4.78 is 1.74. The van der Waals surface area contributed by atoms with Gasteiger partial charge in [0.05, 0.1) is 5.69 Å². The van der Waals surface area contributed by atoms with E-state index < -0.39 is 0 Å². The molecule has 0 bridgehead atoms. The lowest BCUT2D eigenvalue weighted by Crippen LogP contribution is -1.99. The first kappa shape index (κ1) is 13.3. The maximum Gasteiger partial charge on any atom is 0.157 e. The minimum absolute atomic E-state index is 0.498. The molecule has 3 nitrogen and oxygen atoms in total. The lowest BCUT2D eigenvalue weighted by Gasteiger charge is -2.06. The van der Waals surface area contributed by atoms with Crippen LogP contribution < -0.4 is 0 Å². The van der Waals surface area contributed by atoms with E-state index in [0.29, 0.717) is 11.1 Å². The molecule has 2 rings (SSSR count). The smallest absolute Gasteiger partial charge is 0.157 e. The van der Waals surface area contributed by atoms with Crippen molar-refractivity contribution in [1.29, 1.82) is 0 Å². The summed E-state index contributed by atoms with van der Waals surface area (Å²) >= 11 is 6.26. The molecule has 98 valence electrons. The van der Waals surface area contributed by atoms with Crippen LogP contribution in [-0.2, 0) is 6.42 Å². The Bertz CT molecular complexity index is 529. The predicted molar refractivity (Wildman–Crippen MR) is 75.3 cm³/mol. The Labute approximate surface area is 113 Å². The van der Waals surface area contributed by atoms with Crippen molar-refractivity contribution < 1.29 is 0 Å². The molecule has 0 N–H and O–H groups in total. The lowest BCUT2D eigenvalue weighted by atomic mass is 10.00. The van der Waals surface area contributed by atoms with Gasteiger partial charge < -0.3 is 0 Å². The Balaban J connectivity index is 2.46. The third-order valence-electron chi connectivity index (χ3n) is 3.37. The Hall–Kier alpha value is -1.09. The van der Waals surface area contributed by atoms with E-state index in [9.17, 15) is 0 Å². The van der Waals surface area contributed by atoms with Gasteiger partial charge in [-0.05, 0) is 25.3 Å². The summed E-state index contributed by atoms with van der Waals surface area (Å²) in [7, 11) is 0. The molecule has 0 radical (unpaired) electrons. The highest BCUT2D eigenvalue weighted by Gasteiger charge is 2.14. The zero-order valence-electron chi connectivity index (χ0n) is 11.3. The molecular formula is C14H20ClN3. The SMILES string of the molecule is CCCc1cc(Cl)n2nc(C(CC)CC)cc2n1. The van der Waals surface area contributed by atoms with Gasteiger partial charge in [0.1, 0.15) is 5.15 Å². The van der Waals surface area contributed by atoms with Gasteiger partial charge in [0.25, 0.3) is 0 Å². The number of aromatic nitrogens is 3. The van der Waals surface area contributed by atoms with Crippen LogP contribution in [0.3, 0.4) is 0 Å². The van der Waals surface area contributed by atoms with Gasteiger partial charge in [0.15, 0.2) is 5.65 Å². The number of hydrogen-bond donors (Lipinski definition) is 0. The van der Waals surface area contributed by atoms with Gasteiger partial charge >= 0.3 is 0 Å². The topological polar surface area (TPSA) is 30.2 Å². The van der Waals surface area contributed by atoms with Crippen LogP contribution in [0.25, 0.3) is 5.65 Å². The maximum atomic E-state index is 6.26. The Kier molecular flexibility index (Phi) is 4.23. The van der Waals surface area contributed by atoms with E-state index in [4.69, 9.17) is 11.6 Å². The van der Waals surface area contributed by atoms with Gasteiger partial charge in [-0.3, -0.25) is 0 Å². The highest BCUT2D eigenvalue weighted by Crippen LogP contribution is 2.24. The van der Waals surface area contributed by atoms with Crippen molar-refractivity contribution in [2.24, 2.45) is 0 Å². The Morgan fingerprint density at radius 1 is 1.22 bits per heavy atom. The minimum atomic E-state index is 0.498. The molecule has 0 saturated heterocycles. The number of aryl methyl sites for hydroxylation is 1. The van der Waals surface area contributed by atoms with E-state index >= 15 is 0 Å². The fourth-order valence-electron chi connectivity index (χ4n) is 2.29. The number of hydrogen-bond acceptors (Lipinski definition) is 2. The lowest BCUT2D eigenvalue weighted by molar-refractivity contribution is 0.616. The molecule has 0 aromatic carbocycles. The third kappa shape index (κ3) is 2.51. The highest BCUT2D eigenvalue weighted by molar-refractivity contribution is 6.29. The molecule has 0 spiro atoms. The van der Waals surface area contributed by atoms with E-state index in [1.54, 1.807) is 4.52 Å². The molecule has 18 heavy (non-hydrogen) atoms. The molecule has 2 heterocycles. The monoisotopic (exact) mass is 265 g/mol. The highest BCUT2D eigenvalue weighted by atomic mass is 35.5. The van der Waals surface area contributed by atoms with E-state index in [0.717, 1.165) is 42.7 Å². The van der Waals surface area contributed by atoms with E-state index in [1.807, 2.05) is 6.07 Å². The standard InChI is InChI=1S/C14H20ClN3/c1-4-7-11-8-13(15)18-14(16-11)9-12(17-18)10(5-2)6-3/h8-10H,4-7H2,1-3H3. The molecule has 2 aromatic rings. The fraction of sp³-hybridized carbons (Fsp3) is 0.571. The number of nitrogens with zero attached hydrogens (tertiary/aromatic N) is 3. The van der Waals surface area contributed by atoms with Gasteiger partial charge in [-0.15, -0.1) is 0 Å². The van der Waals surface area contributed by atoms with Crippen molar-refractivity contribution in [3.8, 4) is 0 Å². The number of rotatable bonds is 5. The average molecular weight is 266 g/mol. The van der Waals surface area contributed by atoms with Crippen LogP contribution >= 0.6 is 11.6 Å². The van der Waals surface area contributed by atoms with Crippen LogP contribution in [0.1, 0.15) is 57.3 Å². The Morgan fingerprint density at radius 2 is 1.94 bits per heavy atom. The normalized spacial score (nSPS) is 11.6. The van der Waals surface area contributed by atoms with E-state index in [2.05, 4.69) is 36.9 Å². The number of halogens is 1. The largest absolute Gasteiger partial charge is 0.233 e. The summed E-state index contributed by atoms with van der Waals surface area (Å²) in [6, 6.07) is 3.99. The van der Waals surface area contributed by atoms with Crippen LogP contribution in [0.15, 0.2) is 12.1 Å². The summed E-state index contributed by atoms with van der Waals surface area (Å²) in [6.07, 6.45) is 4.23. The average Bonchev–Trinajstić information content (AvgIpc) is 2.75. The predicted octanol–water partition coefficient (Wildman–Crippen LogP) is 4.24. The molecule has 0 aliphatic heterocycles. The summed E-state index contributed by atoms with van der Waals surface area (Å²) in [6.45, 7) is 6.53. The van der Waals surface area contributed by atoms with Crippen LogP contribution in [0.5, 0.6) is 0 Å². The molecular weight excluding hydrogens is 246 g/mol. The molecule has 0 atom stereocenters. The van der Waals surface area contributed by atoms with Crippen molar-refractivity contribution >= 4 is 17.2 Å². The van der Waals surface area contributed by atoms with Gasteiger partial charge in [0, 0.05) is 17.7 Å². The van der Waals surface area contributed by atoms with Crippen molar-refractivity contribution in [1.82, 2.24) is 14.6 Å². The summed E-state index contributed by atoms with van der Waals surface area (Å²) in [5, 5.41) is 5.23. The molecule has 4 heteroatoms. The van der Waals surface area contributed by atoms with Gasteiger partial charge in [-0.25, -0.2) is 9.50 Å². The zero-order valence-corrected chi connectivity index (χ0v) is 12.0. The molecule has 2 aromatic heterocycles. The van der Waals surface area contributed by atoms with Crippen LogP contribution in [-0.4, -0.2) is 14.6 Å². The third-order valence-corrected chi connectivity index (χ3v) is 3.63. The maximum absolute atomic E-state index is 6.26. The molecule has 0 aliphatic rings. The van der Waals surface area contributed by atoms with Crippen molar-refractivity contribution in [2.75, 3.05) is 0 Å². The first-order valence-electron chi connectivity index (χ1n) is 6.74. The molecule has 0 aliphatic carbocycles. The quantitative estimate of drug-likeness (QED) is 0.757. The van der Waals surface area contributed by atoms with Crippen LogP contribution in [0.2, 0.25) is 5.15 Å². The van der Waals surface area contributed by atoms with Crippen molar-refractivity contribution in [3.63, 3.8) is 0 Å². The summed E-state index contributed by atoms with van der Waals surface area (Å²) in [5.74, 6) is 0.498. The first-order valence-corrected chi connectivity index (χ1v) is 7.12. The molecule has 0 fully saturated rings. The van der Waals surface area contributed by atoms with Gasteiger partial charge in [0.2, 0.25) is 0 Å². The van der Waals surface area contributed by atoms with E-state index in [1.165, 1.54) is 0 Å². The van der Waals surface area contributed by atoms with Crippen molar-refractivity contribution in [3.05, 3.63) is 28.7 Å². The fourth-order valence-corrected chi connectivity index (χ4v) is 2.54. The van der Waals surface area contributed by atoms with E-state index in [-0.39, 0.29) is 0 Å². The molecule has 0 amide bonds. The summed E-state index contributed by atoms with van der Waals surface area (Å²) in [5.41, 5.74) is 3.02. The molecule has 0 unspecified atom stereocenters. The van der Waals surface area contributed by atoms with Crippen LogP contribution in [0.4, 0.5) is 0 Å². The molecule has 0 saturated carbocycles. The second-order valence-corrected chi connectivity index (χ2v) is 5.06. The second kappa shape index (κ2) is 5.70. The van der Waals surface area contributed by atoms with Gasteiger partial charge in [-0.1, -0.05) is 38.8 Å². The first-order chi connectivity index (χ1) is 8.69. The second-order valence-electron chi connectivity index (χ2n) is 4.67. The van der Waals surface area contributed by atoms with Crippen LogP contribution in [0, 0.1) is 0 Å². The Morgan fingerprint density at radius 3 is 2.56 bits per heavy atom. The van der Waals surface area contributed by atoms with Gasteiger partial charge in [-0.2, -0.15) is 5.10 Å². The summed E-state index contributed by atoms with van der Waals surface area (Å²) in [4.78, 5) is 4.61. The zero-order chi connectivity index (χ0) is 13.1.